The Kier molecular flexibility index (Phi) is 3.37. The van der Waals surface area contributed by atoms with Gasteiger partial charge in [0.05, 0.1) is 0 Å². The van der Waals surface area contributed by atoms with Gasteiger partial charge in [-0.25, -0.2) is 0 Å². The highest BCUT2D eigenvalue weighted by Crippen LogP contribution is 2.66. The van der Waals surface area contributed by atoms with Gasteiger partial charge in [-0.15, -0.1) is 0 Å². The molecule has 0 N–H and O–H groups in total. The Morgan fingerprint density at radius 3 is 2.59 bits per heavy atom. The monoisotopic (exact) mass is 300 g/mol. The minimum absolute atomic E-state index is 0.402. The summed E-state index contributed by atoms with van der Waals surface area (Å²) in [7, 11) is 0. The van der Waals surface area contributed by atoms with E-state index in [4.69, 9.17) is 0 Å². The molecule has 7 atom stereocenters. The summed E-state index contributed by atoms with van der Waals surface area (Å²) >= 11 is 0. The zero-order valence-electron chi connectivity index (χ0n) is 14.6. The topological polar surface area (TPSA) is 17.1 Å². The average Bonchev–Trinajstić information content (AvgIpc) is 2.84. The minimum Gasteiger partial charge on any atom is -0.300 e. The molecule has 0 aromatic rings. The van der Waals surface area contributed by atoms with Crippen LogP contribution in [0.25, 0.3) is 0 Å². The standard InChI is InChI=1S/C21H32O/c1-4-14-6-8-18-17-7-5-15-13-16(22)9-11-21(15,3)19(17)10-12-20(14,18)2/h5,7,14-15,17-19H,4,6,8-13H2,1-3H3. The van der Waals surface area contributed by atoms with Gasteiger partial charge in [-0.3, -0.25) is 4.79 Å². The van der Waals surface area contributed by atoms with E-state index in [9.17, 15) is 4.79 Å². The van der Waals surface area contributed by atoms with E-state index in [-0.39, 0.29) is 0 Å². The van der Waals surface area contributed by atoms with Crippen molar-refractivity contribution in [2.24, 2.45) is 40.4 Å². The molecule has 1 heteroatoms. The van der Waals surface area contributed by atoms with E-state index in [1.54, 1.807) is 0 Å². The van der Waals surface area contributed by atoms with Crippen LogP contribution in [0.15, 0.2) is 12.2 Å². The number of Topliss-reactive ketones (excluding diaryl/α,β-unsaturated/α-hetero) is 1. The maximum Gasteiger partial charge on any atom is 0.133 e. The summed E-state index contributed by atoms with van der Waals surface area (Å²) in [6.45, 7) is 7.51. The molecule has 0 aromatic heterocycles. The number of rotatable bonds is 1. The first-order valence-corrected chi connectivity index (χ1v) is 9.69. The minimum atomic E-state index is 0.402. The molecule has 4 aliphatic carbocycles. The Morgan fingerprint density at radius 1 is 1.05 bits per heavy atom. The quantitative estimate of drug-likeness (QED) is 0.592. The average molecular weight is 300 g/mol. The summed E-state index contributed by atoms with van der Waals surface area (Å²) in [4.78, 5) is 11.9. The molecule has 0 amide bonds. The van der Waals surface area contributed by atoms with Crippen LogP contribution in [0.3, 0.4) is 0 Å². The Labute approximate surface area is 135 Å². The Morgan fingerprint density at radius 2 is 1.82 bits per heavy atom. The first kappa shape index (κ1) is 15.0. The molecule has 3 fully saturated rings. The molecule has 0 bridgehead atoms. The lowest BCUT2D eigenvalue weighted by molar-refractivity contribution is -0.128. The summed E-state index contributed by atoms with van der Waals surface area (Å²) in [6.07, 6.45) is 14.9. The van der Waals surface area contributed by atoms with Crippen LogP contribution in [0.5, 0.6) is 0 Å². The molecule has 4 rings (SSSR count). The van der Waals surface area contributed by atoms with Crippen molar-refractivity contribution >= 4 is 5.78 Å². The third kappa shape index (κ3) is 1.86. The Hall–Kier alpha value is -0.590. The first-order chi connectivity index (χ1) is 10.5. The maximum absolute atomic E-state index is 11.9. The highest BCUT2D eigenvalue weighted by molar-refractivity contribution is 5.80. The molecule has 1 nitrogen and oxygen atoms in total. The van der Waals surface area contributed by atoms with Crippen LogP contribution in [-0.2, 0) is 4.79 Å². The molecule has 0 aliphatic heterocycles. The number of fused-ring (bicyclic) bond motifs is 5. The van der Waals surface area contributed by atoms with E-state index < -0.39 is 0 Å². The van der Waals surface area contributed by atoms with Gasteiger partial charge < -0.3 is 0 Å². The van der Waals surface area contributed by atoms with Crippen molar-refractivity contribution in [2.45, 2.75) is 72.1 Å². The van der Waals surface area contributed by atoms with Crippen LogP contribution in [0.2, 0.25) is 0 Å². The fourth-order valence-corrected chi connectivity index (χ4v) is 7.20. The van der Waals surface area contributed by atoms with Crippen molar-refractivity contribution in [3.05, 3.63) is 12.2 Å². The van der Waals surface area contributed by atoms with E-state index in [1.807, 2.05) is 0 Å². The van der Waals surface area contributed by atoms with Gasteiger partial charge >= 0.3 is 0 Å². The lowest BCUT2D eigenvalue weighted by atomic mass is 9.46. The van der Waals surface area contributed by atoms with Gasteiger partial charge in [-0.2, -0.15) is 0 Å². The molecule has 0 heterocycles. The molecule has 0 aromatic carbocycles. The van der Waals surface area contributed by atoms with Gasteiger partial charge in [0.2, 0.25) is 0 Å². The van der Waals surface area contributed by atoms with E-state index in [2.05, 4.69) is 32.9 Å². The molecule has 3 saturated carbocycles. The van der Waals surface area contributed by atoms with Gasteiger partial charge in [-0.1, -0.05) is 39.3 Å². The zero-order valence-corrected chi connectivity index (χ0v) is 14.6. The predicted octanol–water partition coefficient (Wildman–Crippen LogP) is 5.40. The normalized spacial score (nSPS) is 53.8. The molecular weight excluding hydrogens is 268 g/mol. The molecular formula is C21H32O. The largest absolute Gasteiger partial charge is 0.300 e. The number of hydrogen-bond acceptors (Lipinski definition) is 1. The fourth-order valence-electron chi connectivity index (χ4n) is 7.20. The van der Waals surface area contributed by atoms with Crippen LogP contribution in [0.4, 0.5) is 0 Å². The molecule has 122 valence electrons. The SMILES string of the molecule is CCC1CCC2C3C=CC4CC(=O)CCC4(C)C3CCC12C. The molecule has 4 aliphatic rings. The first-order valence-electron chi connectivity index (χ1n) is 9.69. The van der Waals surface area contributed by atoms with Gasteiger partial charge in [0.1, 0.15) is 5.78 Å². The highest BCUT2D eigenvalue weighted by Gasteiger charge is 2.58. The summed E-state index contributed by atoms with van der Waals surface area (Å²) in [5, 5.41) is 0. The third-order valence-corrected chi connectivity index (χ3v) is 8.67. The van der Waals surface area contributed by atoms with Crippen molar-refractivity contribution in [3.63, 3.8) is 0 Å². The smallest absolute Gasteiger partial charge is 0.133 e. The molecule has 0 radical (unpaired) electrons. The highest BCUT2D eigenvalue weighted by atomic mass is 16.1. The van der Waals surface area contributed by atoms with E-state index in [1.165, 1.54) is 32.1 Å². The van der Waals surface area contributed by atoms with Crippen LogP contribution < -0.4 is 0 Å². The lowest BCUT2D eigenvalue weighted by Gasteiger charge is -2.58. The number of allylic oxidation sites excluding steroid dienone is 2. The van der Waals surface area contributed by atoms with Gasteiger partial charge in [0, 0.05) is 12.8 Å². The fraction of sp³-hybridized carbons (Fsp3) is 0.857. The second-order valence-electron chi connectivity index (χ2n) is 9.26. The summed E-state index contributed by atoms with van der Waals surface area (Å²) in [6, 6.07) is 0. The maximum atomic E-state index is 11.9. The van der Waals surface area contributed by atoms with Gasteiger partial charge in [0.25, 0.3) is 0 Å². The van der Waals surface area contributed by atoms with Crippen molar-refractivity contribution in [1.29, 1.82) is 0 Å². The van der Waals surface area contributed by atoms with Crippen molar-refractivity contribution < 1.29 is 4.79 Å². The molecule has 0 saturated heterocycles. The molecule has 22 heavy (non-hydrogen) atoms. The van der Waals surface area contributed by atoms with Gasteiger partial charge in [0.15, 0.2) is 0 Å². The van der Waals surface area contributed by atoms with E-state index in [0.717, 1.165) is 42.9 Å². The van der Waals surface area contributed by atoms with E-state index >= 15 is 0 Å². The number of ketones is 1. The van der Waals surface area contributed by atoms with Crippen LogP contribution in [0.1, 0.15) is 72.1 Å². The second-order valence-corrected chi connectivity index (χ2v) is 9.26. The van der Waals surface area contributed by atoms with E-state index in [0.29, 0.717) is 22.5 Å². The zero-order chi connectivity index (χ0) is 15.5. The van der Waals surface area contributed by atoms with Gasteiger partial charge in [-0.05, 0) is 72.5 Å². The molecule has 0 spiro atoms. The number of carbonyl (C=O) groups excluding carboxylic acids is 1. The number of hydrogen-bond donors (Lipinski definition) is 0. The van der Waals surface area contributed by atoms with Crippen LogP contribution >= 0.6 is 0 Å². The van der Waals surface area contributed by atoms with Crippen LogP contribution in [-0.4, -0.2) is 5.78 Å². The summed E-state index contributed by atoms with van der Waals surface area (Å²) < 4.78 is 0. The van der Waals surface area contributed by atoms with Crippen LogP contribution in [0, 0.1) is 40.4 Å². The second kappa shape index (κ2) is 4.95. The van der Waals surface area contributed by atoms with Crippen molar-refractivity contribution in [3.8, 4) is 0 Å². The summed E-state index contributed by atoms with van der Waals surface area (Å²) in [5.41, 5.74) is 0.993. The van der Waals surface area contributed by atoms with Crippen molar-refractivity contribution in [2.75, 3.05) is 0 Å². The Balaban J connectivity index is 1.67. The Bertz CT molecular complexity index is 506. The summed E-state index contributed by atoms with van der Waals surface area (Å²) in [5.74, 6) is 4.52. The molecule has 7 unspecified atom stereocenters. The third-order valence-electron chi connectivity index (χ3n) is 8.67. The lowest BCUT2D eigenvalue weighted by Crippen LogP contribution is -2.51. The number of carbonyl (C=O) groups is 1. The predicted molar refractivity (Wildman–Crippen MR) is 90.4 cm³/mol. The van der Waals surface area contributed by atoms with Crippen molar-refractivity contribution in [1.82, 2.24) is 0 Å².